The molecule has 2 atom stereocenters. The second-order valence-electron chi connectivity index (χ2n) is 11.3. The number of carbonyl (C=O) groups is 1. The number of aromatic carboxylic acids is 1. The summed E-state index contributed by atoms with van der Waals surface area (Å²) in [5.41, 5.74) is 4.95. The van der Waals surface area contributed by atoms with E-state index in [1.807, 2.05) is 0 Å². The molecule has 4 aromatic heterocycles. The second kappa shape index (κ2) is 9.90. The number of H-pyrrole nitrogens is 1. The van der Waals surface area contributed by atoms with Gasteiger partial charge in [-0.15, -0.1) is 0 Å². The number of halogens is 2. The lowest BCUT2D eigenvalue weighted by Crippen LogP contribution is -2.47. The van der Waals surface area contributed by atoms with E-state index in [0.29, 0.717) is 64.1 Å². The third-order valence-electron chi connectivity index (χ3n) is 9.11. The highest BCUT2D eigenvalue weighted by atomic mass is 19.2. The van der Waals surface area contributed by atoms with Crippen LogP contribution in [-0.2, 0) is 0 Å². The number of likely N-dealkylation sites (N-methyl/N-ethyl adjacent to an activating group) is 1. The number of nitrogens with zero attached hydrogens (tertiary/aromatic N) is 5. The van der Waals surface area contributed by atoms with Gasteiger partial charge in [-0.05, 0) is 38.4 Å². The zero-order valence-electron chi connectivity index (χ0n) is 23.8. The van der Waals surface area contributed by atoms with Gasteiger partial charge in [-0.1, -0.05) is 0 Å². The van der Waals surface area contributed by atoms with Crippen LogP contribution in [-0.4, -0.2) is 82.4 Å². The highest BCUT2D eigenvalue weighted by molar-refractivity contribution is 6.18. The molecule has 0 bridgehead atoms. The number of nitrogens with one attached hydrogen (secondary N) is 3. The average molecular weight is 589 g/mol. The zero-order chi connectivity index (χ0) is 30.2. The van der Waals surface area contributed by atoms with E-state index < -0.39 is 28.6 Å². The third-order valence-corrected chi connectivity index (χ3v) is 9.11. The molecule has 7 rings (SSSR count). The van der Waals surface area contributed by atoms with E-state index >= 15 is 4.39 Å². The summed E-state index contributed by atoms with van der Waals surface area (Å²) in [5.74, 6) is -2.77. The lowest BCUT2D eigenvalue weighted by molar-refractivity contribution is 0.0695. The fourth-order valence-electron chi connectivity index (χ4n) is 6.91. The van der Waals surface area contributed by atoms with Crippen LogP contribution in [0.3, 0.4) is 0 Å². The number of benzene rings is 1. The van der Waals surface area contributed by atoms with Crippen LogP contribution in [0.1, 0.15) is 23.2 Å². The van der Waals surface area contributed by atoms with Crippen LogP contribution >= 0.6 is 0 Å². The van der Waals surface area contributed by atoms with Crippen molar-refractivity contribution in [3.63, 3.8) is 0 Å². The maximum atomic E-state index is 15.7. The van der Waals surface area contributed by atoms with Crippen molar-refractivity contribution in [1.82, 2.24) is 24.5 Å². The summed E-state index contributed by atoms with van der Waals surface area (Å²) in [6.07, 6.45) is 6.48. The van der Waals surface area contributed by atoms with Crippen LogP contribution in [0.4, 0.5) is 20.2 Å². The Labute approximate surface area is 244 Å². The Morgan fingerprint density at radius 1 is 1.12 bits per heavy atom. The summed E-state index contributed by atoms with van der Waals surface area (Å²) in [7, 11) is 5.34. The van der Waals surface area contributed by atoms with E-state index in [9.17, 15) is 19.1 Å². The van der Waals surface area contributed by atoms with Crippen LogP contribution in [0.2, 0.25) is 0 Å². The molecule has 2 aliphatic rings. The molecular formula is C30H30F2N8O3. The number of rotatable bonds is 5. The molecule has 1 aromatic carbocycles. The Morgan fingerprint density at radius 2 is 1.91 bits per heavy atom. The maximum absolute atomic E-state index is 15.7. The molecule has 2 aliphatic heterocycles. The molecule has 2 saturated heterocycles. The topological polar surface area (TPSA) is 131 Å². The summed E-state index contributed by atoms with van der Waals surface area (Å²) in [5, 5.41) is 13.2. The van der Waals surface area contributed by atoms with Crippen molar-refractivity contribution in [2.45, 2.75) is 18.9 Å². The van der Waals surface area contributed by atoms with Crippen LogP contribution in [0.15, 0.2) is 35.5 Å². The van der Waals surface area contributed by atoms with Gasteiger partial charge in [0, 0.05) is 69.0 Å². The fourth-order valence-corrected chi connectivity index (χ4v) is 6.91. The second-order valence-corrected chi connectivity index (χ2v) is 11.3. The van der Waals surface area contributed by atoms with E-state index in [-0.39, 0.29) is 16.4 Å². The molecular weight excluding hydrogens is 558 g/mol. The molecule has 1 unspecified atom stereocenters. The monoisotopic (exact) mass is 588 g/mol. The van der Waals surface area contributed by atoms with Crippen molar-refractivity contribution >= 4 is 50.3 Å². The summed E-state index contributed by atoms with van der Waals surface area (Å²) in [6, 6.07) is 3.00. The number of aromatic nitrogens is 4. The first-order chi connectivity index (χ1) is 20.7. The summed E-state index contributed by atoms with van der Waals surface area (Å²) in [6.45, 7) is 2.37. The normalized spacial score (nSPS) is 19.0. The molecule has 0 radical (unpaired) electrons. The van der Waals surface area contributed by atoms with Crippen molar-refractivity contribution in [2.24, 2.45) is 5.92 Å². The molecule has 0 amide bonds. The average Bonchev–Trinajstić information content (AvgIpc) is 3.59. The standard InChI is InChI=1S/C30H30F2N8O3/c1-33-20-9-19(31)24(32)22-23-26(39-7-5-14-4-6-38(3)21(14)13-39)17(11-35-28(23)37-25(20)22)15-8-16-27(41)18(30(42)43)12-40(34-2)29(16)36-10-15/h8-12,14,21,33-34H,4-7,13H2,1-3H3,(H,35,37)(H,42,43)/t14?,21-/m0/s1. The third kappa shape index (κ3) is 4.02. The minimum absolute atomic E-state index is 0.0880. The van der Waals surface area contributed by atoms with Gasteiger partial charge in [0.1, 0.15) is 11.2 Å². The molecule has 222 valence electrons. The molecule has 2 fully saturated rings. The number of fused-ring (bicyclic) bond motifs is 5. The van der Waals surface area contributed by atoms with Crippen molar-refractivity contribution in [3.8, 4) is 11.1 Å². The minimum Gasteiger partial charge on any atom is -0.477 e. The zero-order valence-corrected chi connectivity index (χ0v) is 23.8. The van der Waals surface area contributed by atoms with Crippen molar-refractivity contribution in [3.05, 3.63) is 58.1 Å². The minimum atomic E-state index is -1.36. The predicted molar refractivity (Wildman–Crippen MR) is 162 cm³/mol. The Hall–Kier alpha value is -4.78. The highest BCUT2D eigenvalue weighted by Gasteiger charge is 2.38. The van der Waals surface area contributed by atoms with Crippen LogP contribution in [0.5, 0.6) is 0 Å². The van der Waals surface area contributed by atoms with Crippen molar-refractivity contribution < 1.29 is 18.7 Å². The van der Waals surface area contributed by atoms with Crippen molar-refractivity contribution in [1.29, 1.82) is 0 Å². The fraction of sp³-hybridized carbons (Fsp3) is 0.333. The quantitative estimate of drug-likeness (QED) is 0.242. The van der Waals surface area contributed by atoms with Crippen LogP contribution < -0.4 is 21.1 Å². The van der Waals surface area contributed by atoms with Gasteiger partial charge in [-0.2, -0.15) is 0 Å². The number of pyridine rings is 3. The van der Waals surface area contributed by atoms with Gasteiger partial charge in [0.2, 0.25) is 5.43 Å². The summed E-state index contributed by atoms with van der Waals surface area (Å²) >= 11 is 0. The first kappa shape index (κ1) is 27.1. The number of likely N-dealkylation sites (tertiary alicyclic amines) is 1. The number of carboxylic acid groups (broad SMARTS) is 1. The maximum Gasteiger partial charge on any atom is 0.341 e. The summed E-state index contributed by atoms with van der Waals surface area (Å²) < 4.78 is 32.0. The molecule has 4 N–H and O–H groups in total. The smallest absolute Gasteiger partial charge is 0.341 e. The van der Waals surface area contributed by atoms with E-state index in [4.69, 9.17) is 0 Å². The molecule has 11 nitrogen and oxygen atoms in total. The SMILES string of the molecule is CNc1cc(F)c(F)c2c1[nH]c1ncc(-c3cnc4c(c3)c(=O)c(C(=O)O)cn4NC)c(N3CCC4CCN(C)[C@H]4C3)c12. The number of hydrogen-bond donors (Lipinski definition) is 4. The van der Waals surface area contributed by atoms with Gasteiger partial charge >= 0.3 is 5.97 Å². The molecule has 13 heteroatoms. The van der Waals surface area contributed by atoms with Gasteiger partial charge in [0.25, 0.3) is 0 Å². The van der Waals surface area contributed by atoms with E-state index in [1.165, 1.54) is 10.9 Å². The van der Waals surface area contributed by atoms with E-state index in [1.54, 1.807) is 32.6 Å². The van der Waals surface area contributed by atoms with Gasteiger partial charge in [0.05, 0.1) is 33.1 Å². The Bertz CT molecular complexity index is 2020. The molecule has 0 spiro atoms. The lowest BCUT2D eigenvalue weighted by atomic mass is 9.90. The van der Waals surface area contributed by atoms with E-state index in [0.717, 1.165) is 25.5 Å². The summed E-state index contributed by atoms with van der Waals surface area (Å²) in [4.78, 5) is 42.0. The predicted octanol–water partition coefficient (Wildman–Crippen LogP) is 3.81. The molecule has 43 heavy (non-hydrogen) atoms. The van der Waals surface area contributed by atoms with Crippen LogP contribution in [0.25, 0.3) is 44.1 Å². The molecule has 5 aromatic rings. The molecule has 0 saturated carbocycles. The number of piperidine rings is 1. The number of anilines is 2. The first-order valence-corrected chi connectivity index (χ1v) is 14.1. The molecule has 6 heterocycles. The molecule has 0 aliphatic carbocycles. The van der Waals surface area contributed by atoms with Crippen LogP contribution in [0, 0.1) is 17.6 Å². The van der Waals surface area contributed by atoms with Gasteiger partial charge in [-0.25, -0.2) is 28.2 Å². The first-order valence-electron chi connectivity index (χ1n) is 14.1. The number of aromatic amines is 1. The van der Waals surface area contributed by atoms with Gasteiger partial charge in [0.15, 0.2) is 17.3 Å². The van der Waals surface area contributed by atoms with Crippen molar-refractivity contribution in [2.75, 3.05) is 56.4 Å². The largest absolute Gasteiger partial charge is 0.477 e. The van der Waals surface area contributed by atoms with E-state index in [2.05, 4.69) is 42.5 Å². The Morgan fingerprint density at radius 3 is 2.65 bits per heavy atom. The lowest BCUT2D eigenvalue weighted by Gasteiger charge is -2.39. The Kier molecular flexibility index (Phi) is 6.24. The number of carboxylic acids is 1. The van der Waals surface area contributed by atoms with Gasteiger partial charge < -0.3 is 30.6 Å². The highest BCUT2D eigenvalue weighted by Crippen LogP contribution is 2.45. The Balaban J connectivity index is 1.54. The van der Waals surface area contributed by atoms with Gasteiger partial charge in [-0.3, -0.25) is 4.79 Å². The number of hydrogen-bond acceptors (Lipinski definition) is 8.